The van der Waals surface area contributed by atoms with Crippen molar-refractivity contribution in [2.45, 2.75) is 65.3 Å². The van der Waals surface area contributed by atoms with Gasteiger partial charge in [0.2, 0.25) is 0 Å². The minimum atomic E-state index is -0.946. The maximum absolute atomic E-state index is 12.2. The Morgan fingerprint density at radius 2 is 1.72 bits per heavy atom. The van der Waals surface area contributed by atoms with Gasteiger partial charge in [0.05, 0.1) is 6.42 Å². The predicted octanol–water partition coefficient (Wildman–Crippen LogP) is 5.31. The van der Waals surface area contributed by atoms with Crippen LogP contribution in [0.4, 0.5) is 5.69 Å². The van der Waals surface area contributed by atoms with Crippen LogP contribution in [0.2, 0.25) is 0 Å². The van der Waals surface area contributed by atoms with Crippen LogP contribution in [0, 0.1) is 5.92 Å². The van der Waals surface area contributed by atoms with E-state index in [2.05, 4.69) is 67.5 Å². The zero-order valence-electron chi connectivity index (χ0n) is 21.7. The molecule has 8 nitrogen and oxygen atoms in total. The van der Waals surface area contributed by atoms with Crippen molar-refractivity contribution in [3.8, 4) is 11.5 Å². The summed E-state index contributed by atoms with van der Waals surface area (Å²) in [5.74, 6) is 0.245. The van der Waals surface area contributed by atoms with E-state index in [1.807, 2.05) is 24.3 Å². The summed E-state index contributed by atoms with van der Waals surface area (Å²) in [5.41, 5.74) is 3.58. The van der Waals surface area contributed by atoms with Crippen LogP contribution in [-0.4, -0.2) is 39.7 Å². The number of hydrogen-bond donors (Lipinski definition) is 3. The molecule has 3 rings (SSSR count). The number of aliphatic carboxylic acids is 1. The van der Waals surface area contributed by atoms with E-state index in [-0.39, 0.29) is 30.3 Å². The molecule has 1 heterocycles. The lowest BCUT2D eigenvalue weighted by Crippen LogP contribution is -2.30. The molecule has 0 saturated heterocycles. The van der Waals surface area contributed by atoms with Gasteiger partial charge in [-0.15, -0.1) is 0 Å². The number of carboxylic acids is 1. The molecule has 0 aliphatic rings. The number of aromatic nitrogens is 2. The lowest BCUT2D eigenvalue weighted by Gasteiger charge is -2.24. The van der Waals surface area contributed by atoms with Gasteiger partial charge in [0.15, 0.2) is 5.82 Å². The van der Waals surface area contributed by atoms with Crippen LogP contribution in [0.15, 0.2) is 53.1 Å². The van der Waals surface area contributed by atoms with Gasteiger partial charge in [-0.1, -0.05) is 58.3 Å². The molecule has 8 heteroatoms. The SMILES string of the molecule is CCC(C)C(Cc1noc(-c2ccc(C(C)(C)C)cc2)n1)Nc1ccc(C(=O)NCCC(=O)O)cc1. The second-order valence-electron chi connectivity index (χ2n) is 10.2. The molecule has 1 amide bonds. The number of nitrogens with one attached hydrogen (secondary N) is 2. The summed E-state index contributed by atoms with van der Waals surface area (Å²) in [6.07, 6.45) is 1.46. The Balaban J connectivity index is 1.66. The zero-order chi connectivity index (χ0) is 26.3. The van der Waals surface area contributed by atoms with Gasteiger partial charge in [0.25, 0.3) is 11.8 Å². The van der Waals surface area contributed by atoms with Crippen molar-refractivity contribution < 1.29 is 19.2 Å². The highest BCUT2D eigenvalue weighted by atomic mass is 16.5. The third kappa shape index (κ3) is 7.41. The fourth-order valence-corrected chi connectivity index (χ4v) is 3.76. The number of benzene rings is 2. The molecule has 0 saturated carbocycles. The largest absolute Gasteiger partial charge is 0.481 e. The number of nitrogens with zero attached hydrogens (tertiary/aromatic N) is 2. The average molecular weight is 493 g/mol. The number of carbonyl (C=O) groups is 2. The maximum atomic E-state index is 12.2. The topological polar surface area (TPSA) is 117 Å². The first kappa shape index (κ1) is 26.9. The third-order valence-corrected chi connectivity index (χ3v) is 6.32. The van der Waals surface area contributed by atoms with Crippen molar-refractivity contribution in [3.05, 3.63) is 65.5 Å². The molecular formula is C28H36N4O4. The minimum Gasteiger partial charge on any atom is -0.481 e. The fourth-order valence-electron chi connectivity index (χ4n) is 3.76. The molecule has 0 aliphatic carbocycles. The van der Waals surface area contributed by atoms with Crippen molar-refractivity contribution in [2.75, 3.05) is 11.9 Å². The van der Waals surface area contributed by atoms with E-state index in [1.165, 1.54) is 5.56 Å². The number of rotatable bonds is 11. The normalized spacial score (nSPS) is 13.1. The van der Waals surface area contributed by atoms with Crippen molar-refractivity contribution in [2.24, 2.45) is 5.92 Å². The van der Waals surface area contributed by atoms with E-state index in [0.29, 0.717) is 29.6 Å². The summed E-state index contributed by atoms with van der Waals surface area (Å²) in [6.45, 7) is 11.0. The average Bonchev–Trinajstić information content (AvgIpc) is 3.31. The van der Waals surface area contributed by atoms with Crippen molar-refractivity contribution in [1.82, 2.24) is 15.5 Å². The van der Waals surface area contributed by atoms with Crippen molar-refractivity contribution >= 4 is 17.6 Å². The molecule has 3 aromatic rings. The Bertz CT molecular complexity index is 1150. The highest BCUT2D eigenvalue weighted by molar-refractivity contribution is 5.94. The van der Waals surface area contributed by atoms with E-state index >= 15 is 0 Å². The first-order valence-electron chi connectivity index (χ1n) is 12.4. The summed E-state index contributed by atoms with van der Waals surface area (Å²) >= 11 is 0. The summed E-state index contributed by atoms with van der Waals surface area (Å²) in [7, 11) is 0. The fraction of sp³-hybridized carbons (Fsp3) is 0.429. The summed E-state index contributed by atoms with van der Waals surface area (Å²) in [5, 5.41) is 19.1. The quantitative estimate of drug-likeness (QED) is 0.332. The van der Waals surface area contributed by atoms with E-state index < -0.39 is 5.97 Å². The van der Waals surface area contributed by atoms with Crippen LogP contribution in [0.5, 0.6) is 0 Å². The Morgan fingerprint density at radius 3 is 2.31 bits per heavy atom. The molecule has 2 atom stereocenters. The van der Waals surface area contributed by atoms with Crippen LogP contribution in [0.25, 0.3) is 11.5 Å². The molecule has 192 valence electrons. The van der Waals surface area contributed by atoms with Crippen LogP contribution in [0.1, 0.15) is 69.2 Å². The number of carbonyl (C=O) groups excluding carboxylic acids is 1. The first-order chi connectivity index (χ1) is 17.1. The second kappa shape index (κ2) is 11.8. The predicted molar refractivity (Wildman–Crippen MR) is 140 cm³/mol. The van der Waals surface area contributed by atoms with Gasteiger partial charge in [0, 0.05) is 35.8 Å². The van der Waals surface area contributed by atoms with Gasteiger partial charge < -0.3 is 20.3 Å². The second-order valence-corrected chi connectivity index (χ2v) is 10.2. The van der Waals surface area contributed by atoms with E-state index in [9.17, 15) is 9.59 Å². The third-order valence-electron chi connectivity index (χ3n) is 6.32. The molecule has 2 unspecified atom stereocenters. The first-order valence-corrected chi connectivity index (χ1v) is 12.4. The number of hydrogen-bond acceptors (Lipinski definition) is 6. The molecule has 0 aliphatic heterocycles. The van der Waals surface area contributed by atoms with Gasteiger partial charge in [-0.05, 0) is 53.3 Å². The van der Waals surface area contributed by atoms with Crippen LogP contribution in [0.3, 0.4) is 0 Å². The number of anilines is 1. The highest BCUT2D eigenvalue weighted by Gasteiger charge is 2.21. The molecule has 0 spiro atoms. The summed E-state index contributed by atoms with van der Waals surface area (Å²) in [6, 6.07) is 15.4. The molecule has 0 bridgehead atoms. The Morgan fingerprint density at radius 1 is 1.06 bits per heavy atom. The summed E-state index contributed by atoms with van der Waals surface area (Å²) < 4.78 is 5.56. The van der Waals surface area contributed by atoms with E-state index in [1.54, 1.807) is 12.1 Å². The number of carboxylic acid groups (broad SMARTS) is 1. The monoisotopic (exact) mass is 492 g/mol. The van der Waals surface area contributed by atoms with Gasteiger partial charge in [0.1, 0.15) is 0 Å². The number of amides is 1. The van der Waals surface area contributed by atoms with Crippen LogP contribution < -0.4 is 10.6 Å². The van der Waals surface area contributed by atoms with Gasteiger partial charge in [-0.25, -0.2) is 0 Å². The molecule has 36 heavy (non-hydrogen) atoms. The molecule has 1 aromatic heterocycles. The maximum Gasteiger partial charge on any atom is 0.305 e. The Hall–Kier alpha value is -3.68. The Kier molecular flexibility index (Phi) is 8.85. The van der Waals surface area contributed by atoms with Crippen molar-refractivity contribution in [1.29, 1.82) is 0 Å². The minimum absolute atomic E-state index is 0.0685. The van der Waals surface area contributed by atoms with Crippen molar-refractivity contribution in [3.63, 3.8) is 0 Å². The molecular weight excluding hydrogens is 456 g/mol. The molecule has 2 aromatic carbocycles. The van der Waals surface area contributed by atoms with Crippen LogP contribution in [-0.2, 0) is 16.6 Å². The zero-order valence-corrected chi connectivity index (χ0v) is 21.7. The molecule has 0 radical (unpaired) electrons. The highest BCUT2D eigenvalue weighted by Crippen LogP contribution is 2.26. The lowest BCUT2D eigenvalue weighted by molar-refractivity contribution is -0.136. The smallest absolute Gasteiger partial charge is 0.305 e. The molecule has 0 fully saturated rings. The molecule has 3 N–H and O–H groups in total. The Labute approximate surface area is 212 Å². The van der Waals surface area contributed by atoms with Gasteiger partial charge >= 0.3 is 5.97 Å². The standard InChI is InChI=1S/C28H36N4O4/c1-6-18(2)23(30-22-13-9-19(10-14-22)26(35)29-16-15-25(33)34)17-24-31-27(36-32-24)20-7-11-21(12-8-20)28(3,4)5/h7-14,18,23,30H,6,15-17H2,1-5H3,(H,29,35)(H,33,34). The summed E-state index contributed by atoms with van der Waals surface area (Å²) in [4.78, 5) is 27.4. The lowest BCUT2D eigenvalue weighted by atomic mass is 9.87. The van der Waals surface area contributed by atoms with Crippen LogP contribution >= 0.6 is 0 Å². The van der Waals surface area contributed by atoms with Gasteiger partial charge in [-0.3, -0.25) is 9.59 Å². The van der Waals surface area contributed by atoms with E-state index in [4.69, 9.17) is 9.63 Å². The van der Waals surface area contributed by atoms with E-state index in [0.717, 1.165) is 17.7 Å². The van der Waals surface area contributed by atoms with Gasteiger partial charge in [-0.2, -0.15) is 4.98 Å².